The predicted octanol–water partition coefficient (Wildman–Crippen LogP) is 3.73. The minimum Gasteiger partial charge on any atom is -0.468 e. The molecule has 0 saturated carbocycles. The second-order valence-electron chi connectivity index (χ2n) is 5.13. The summed E-state index contributed by atoms with van der Waals surface area (Å²) >= 11 is 0. The van der Waals surface area contributed by atoms with Crippen LogP contribution in [-0.2, 0) is 17.9 Å². The molecule has 0 fully saturated rings. The number of furan rings is 1. The standard InChI is InChI=1S/C15H27NO2/c1-4-8-16-11-15-14(7-10-18-15)12-17-9-5-6-13(2)3/h7,10,13,16H,4-6,8-9,11-12H2,1-3H3. The van der Waals surface area contributed by atoms with E-state index in [9.17, 15) is 0 Å². The van der Waals surface area contributed by atoms with E-state index in [2.05, 4.69) is 26.1 Å². The molecule has 0 aliphatic carbocycles. The largest absolute Gasteiger partial charge is 0.468 e. The normalized spacial score (nSPS) is 11.3. The molecule has 1 N–H and O–H groups in total. The summed E-state index contributed by atoms with van der Waals surface area (Å²) in [6.07, 6.45) is 5.26. The molecule has 3 nitrogen and oxygen atoms in total. The third-order valence-electron chi connectivity index (χ3n) is 2.88. The summed E-state index contributed by atoms with van der Waals surface area (Å²) in [5.41, 5.74) is 1.17. The van der Waals surface area contributed by atoms with Gasteiger partial charge in [-0.3, -0.25) is 0 Å². The maximum absolute atomic E-state index is 5.69. The monoisotopic (exact) mass is 253 g/mol. The molecule has 1 rings (SSSR count). The molecule has 104 valence electrons. The molecule has 18 heavy (non-hydrogen) atoms. The lowest BCUT2D eigenvalue weighted by Crippen LogP contribution is -2.14. The SMILES string of the molecule is CCCNCc1occc1COCCCC(C)C. The highest BCUT2D eigenvalue weighted by atomic mass is 16.5. The Morgan fingerprint density at radius 1 is 1.39 bits per heavy atom. The van der Waals surface area contributed by atoms with Gasteiger partial charge in [-0.05, 0) is 37.8 Å². The van der Waals surface area contributed by atoms with Gasteiger partial charge in [-0.15, -0.1) is 0 Å². The number of nitrogens with one attached hydrogen (secondary N) is 1. The van der Waals surface area contributed by atoms with Crippen molar-refractivity contribution < 1.29 is 9.15 Å². The van der Waals surface area contributed by atoms with Crippen molar-refractivity contribution in [1.29, 1.82) is 0 Å². The zero-order valence-electron chi connectivity index (χ0n) is 12.0. The van der Waals surface area contributed by atoms with Crippen LogP contribution in [0, 0.1) is 5.92 Å². The van der Waals surface area contributed by atoms with Crippen LogP contribution >= 0.6 is 0 Å². The first-order valence-corrected chi connectivity index (χ1v) is 7.07. The Hall–Kier alpha value is -0.800. The Bertz CT molecular complexity index is 307. The first-order chi connectivity index (χ1) is 8.74. The Labute approximate surface area is 111 Å². The molecule has 0 bridgehead atoms. The van der Waals surface area contributed by atoms with Crippen LogP contribution in [0.1, 0.15) is 51.4 Å². The smallest absolute Gasteiger partial charge is 0.123 e. The van der Waals surface area contributed by atoms with Crippen LogP contribution in [0.3, 0.4) is 0 Å². The van der Waals surface area contributed by atoms with Crippen LogP contribution < -0.4 is 5.32 Å². The summed E-state index contributed by atoms with van der Waals surface area (Å²) in [4.78, 5) is 0. The van der Waals surface area contributed by atoms with E-state index in [4.69, 9.17) is 9.15 Å². The molecule has 1 aromatic heterocycles. The summed E-state index contributed by atoms with van der Waals surface area (Å²) in [5.74, 6) is 1.77. The lowest BCUT2D eigenvalue weighted by Gasteiger charge is -2.07. The average molecular weight is 253 g/mol. The van der Waals surface area contributed by atoms with Crippen LogP contribution in [-0.4, -0.2) is 13.2 Å². The Morgan fingerprint density at radius 2 is 2.22 bits per heavy atom. The van der Waals surface area contributed by atoms with Gasteiger partial charge in [0.25, 0.3) is 0 Å². The minimum absolute atomic E-state index is 0.664. The van der Waals surface area contributed by atoms with Crippen molar-refractivity contribution >= 4 is 0 Å². The molecule has 0 atom stereocenters. The van der Waals surface area contributed by atoms with E-state index >= 15 is 0 Å². The molecule has 0 radical (unpaired) electrons. The van der Waals surface area contributed by atoms with Crippen LogP contribution in [0.4, 0.5) is 0 Å². The molecule has 3 heteroatoms. The van der Waals surface area contributed by atoms with Gasteiger partial charge in [-0.2, -0.15) is 0 Å². The fourth-order valence-corrected chi connectivity index (χ4v) is 1.81. The lowest BCUT2D eigenvalue weighted by atomic mass is 10.1. The Kier molecular flexibility index (Phi) is 7.78. The predicted molar refractivity (Wildman–Crippen MR) is 74.4 cm³/mol. The molecular weight excluding hydrogens is 226 g/mol. The van der Waals surface area contributed by atoms with E-state index in [1.165, 1.54) is 12.0 Å². The number of hydrogen-bond acceptors (Lipinski definition) is 3. The van der Waals surface area contributed by atoms with Crippen molar-refractivity contribution in [1.82, 2.24) is 5.32 Å². The maximum atomic E-state index is 5.69. The van der Waals surface area contributed by atoms with Gasteiger partial charge in [0.05, 0.1) is 19.4 Å². The van der Waals surface area contributed by atoms with Gasteiger partial charge < -0.3 is 14.5 Å². The van der Waals surface area contributed by atoms with E-state index in [0.717, 1.165) is 44.2 Å². The number of hydrogen-bond donors (Lipinski definition) is 1. The van der Waals surface area contributed by atoms with Gasteiger partial charge >= 0.3 is 0 Å². The minimum atomic E-state index is 0.664. The highest BCUT2D eigenvalue weighted by Crippen LogP contribution is 2.12. The summed E-state index contributed by atoms with van der Waals surface area (Å²) in [6, 6.07) is 2.01. The first-order valence-electron chi connectivity index (χ1n) is 7.07. The lowest BCUT2D eigenvalue weighted by molar-refractivity contribution is 0.113. The van der Waals surface area contributed by atoms with Crippen molar-refractivity contribution in [3.8, 4) is 0 Å². The van der Waals surface area contributed by atoms with Gasteiger partial charge in [-0.25, -0.2) is 0 Å². The highest BCUT2D eigenvalue weighted by molar-refractivity contribution is 5.15. The molecule has 0 saturated heterocycles. The summed E-state index contributed by atoms with van der Waals surface area (Å²) in [6.45, 7) is 9.97. The van der Waals surface area contributed by atoms with Crippen molar-refractivity contribution in [2.45, 2.75) is 53.2 Å². The maximum Gasteiger partial charge on any atom is 0.123 e. The third-order valence-corrected chi connectivity index (χ3v) is 2.88. The molecule has 1 heterocycles. The molecular formula is C15H27NO2. The third kappa shape index (κ3) is 6.22. The average Bonchev–Trinajstić information content (AvgIpc) is 2.76. The molecule has 0 unspecified atom stereocenters. The summed E-state index contributed by atoms with van der Waals surface area (Å²) in [5, 5.41) is 3.35. The van der Waals surface area contributed by atoms with Gasteiger partial charge in [0, 0.05) is 12.2 Å². The van der Waals surface area contributed by atoms with Gasteiger partial charge in [0.2, 0.25) is 0 Å². The van der Waals surface area contributed by atoms with E-state index in [0.29, 0.717) is 6.61 Å². The zero-order chi connectivity index (χ0) is 13.2. The van der Waals surface area contributed by atoms with Crippen molar-refractivity contribution in [2.24, 2.45) is 5.92 Å². The first kappa shape index (κ1) is 15.3. The Balaban J connectivity index is 2.19. The second kappa shape index (κ2) is 9.17. The van der Waals surface area contributed by atoms with Crippen molar-refractivity contribution in [3.63, 3.8) is 0 Å². The topological polar surface area (TPSA) is 34.4 Å². The van der Waals surface area contributed by atoms with Crippen LogP contribution in [0.2, 0.25) is 0 Å². The van der Waals surface area contributed by atoms with Crippen molar-refractivity contribution in [3.05, 3.63) is 23.7 Å². The zero-order valence-corrected chi connectivity index (χ0v) is 12.0. The van der Waals surface area contributed by atoms with E-state index < -0.39 is 0 Å². The van der Waals surface area contributed by atoms with Gasteiger partial charge in [0.1, 0.15) is 5.76 Å². The van der Waals surface area contributed by atoms with Crippen LogP contribution in [0.25, 0.3) is 0 Å². The van der Waals surface area contributed by atoms with Gasteiger partial charge in [-0.1, -0.05) is 20.8 Å². The highest BCUT2D eigenvalue weighted by Gasteiger charge is 2.05. The van der Waals surface area contributed by atoms with E-state index in [1.54, 1.807) is 6.26 Å². The van der Waals surface area contributed by atoms with Crippen molar-refractivity contribution in [2.75, 3.05) is 13.2 Å². The summed E-state index contributed by atoms with van der Waals surface area (Å²) < 4.78 is 11.2. The fourth-order valence-electron chi connectivity index (χ4n) is 1.81. The summed E-state index contributed by atoms with van der Waals surface area (Å²) in [7, 11) is 0. The molecule has 0 aliphatic rings. The number of rotatable bonds is 10. The van der Waals surface area contributed by atoms with Gasteiger partial charge in [0.15, 0.2) is 0 Å². The molecule has 1 aromatic rings. The molecule has 0 spiro atoms. The van der Waals surface area contributed by atoms with Crippen LogP contribution in [0.5, 0.6) is 0 Å². The molecule has 0 aromatic carbocycles. The fraction of sp³-hybridized carbons (Fsp3) is 0.733. The molecule has 0 aliphatic heterocycles. The Morgan fingerprint density at radius 3 is 2.94 bits per heavy atom. The van der Waals surface area contributed by atoms with Crippen LogP contribution in [0.15, 0.2) is 16.7 Å². The second-order valence-corrected chi connectivity index (χ2v) is 5.13. The number of ether oxygens (including phenoxy) is 1. The van der Waals surface area contributed by atoms with E-state index in [1.807, 2.05) is 6.07 Å². The van der Waals surface area contributed by atoms with E-state index in [-0.39, 0.29) is 0 Å². The quantitative estimate of drug-likeness (QED) is 0.645. The molecule has 0 amide bonds.